The number of hydrogen-bond acceptors (Lipinski definition) is 9. The van der Waals surface area contributed by atoms with Gasteiger partial charge in [0, 0.05) is 0 Å². The molecule has 0 aliphatic carbocycles. The monoisotopic (exact) mass is 553 g/mol. The number of anilines is 1. The predicted molar refractivity (Wildman–Crippen MR) is 107 cm³/mol. The van der Waals surface area contributed by atoms with Crippen LogP contribution >= 0.6 is 69.6 Å². The van der Waals surface area contributed by atoms with Crippen molar-refractivity contribution in [3.05, 3.63) is 15.8 Å². The standard InChI is InChI=1S/C10H9Cl6N5O7S/c1-3-4(21(23)24)5(27-2)18-7(17-3)19-8(22)20-29(25,26)28-9(13,6(11)12)10(14,15)16/h6H,1-2H3,(H2,17,18,19,20,22). The second-order valence-corrected chi connectivity index (χ2v) is 10.0. The van der Waals surface area contributed by atoms with E-state index in [2.05, 4.69) is 14.2 Å². The van der Waals surface area contributed by atoms with Gasteiger partial charge in [-0.1, -0.05) is 46.4 Å². The van der Waals surface area contributed by atoms with Crippen molar-refractivity contribution in [2.24, 2.45) is 0 Å². The molecule has 0 saturated carbocycles. The van der Waals surface area contributed by atoms with Crippen molar-refractivity contribution in [1.29, 1.82) is 0 Å². The number of carbonyl (C=O) groups excluding carboxylic acids is 1. The van der Waals surface area contributed by atoms with Crippen LogP contribution in [-0.2, 0) is 14.5 Å². The lowest BCUT2D eigenvalue weighted by atomic mass is 10.3. The molecule has 0 saturated heterocycles. The Kier molecular flexibility index (Phi) is 8.65. The molecule has 164 valence electrons. The number of amides is 2. The molecule has 12 nitrogen and oxygen atoms in total. The zero-order valence-corrected chi connectivity index (χ0v) is 19.3. The summed E-state index contributed by atoms with van der Waals surface area (Å²) in [4.78, 5) is 27.4. The van der Waals surface area contributed by atoms with Crippen molar-refractivity contribution in [3.8, 4) is 5.88 Å². The molecule has 1 unspecified atom stereocenters. The van der Waals surface area contributed by atoms with Gasteiger partial charge >= 0.3 is 22.0 Å². The molecule has 19 heteroatoms. The number of nitrogens with one attached hydrogen (secondary N) is 2. The molecule has 0 fully saturated rings. The maximum atomic E-state index is 12.0. The molecule has 29 heavy (non-hydrogen) atoms. The second-order valence-electron chi connectivity index (χ2n) is 4.78. The van der Waals surface area contributed by atoms with Gasteiger partial charge in [-0.25, -0.2) is 18.7 Å². The number of rotatable bonds is 7. The number of nitrogens with zero attached hydrogens (tertiary/aromatic N) is 3. The molecule has 0 bridgehead atoms. The van der Waals surface area contributed by atoms with E-state index < -0.39 is 52.5 Å². The number of halogens is 6. The highest BCUT2D eigenvalue weighted by molar-refractivity contribution is 7.85. The van der Waals surface area contributed by atoms with Gasteiger partial charge in [0.05, 0.1) is 12.0 Å². The number of aromatic nitrogens is 2. The van der Waals surface area contributed by atoms with Crippen LogP contribution in [0.1, 0.15) is 5.69 Å². The van der Waals surface area contributed by atoms with Crippen LogP contribution in [0.4, 0.5) is 16.4 Å². The van der Waals surface area contributed by atoms with Gasteiger partial charge in [-0.15, -0.1) is 23.2 Å². The van der Waals surface area contributed by atoms with Gasteiger partial charge in [-0.3, -0.25) is 15.4 Å². The van der Waals surface area contributed by atoms with E-state index in [9.17, 15) is 23.3 Å². The first-order chi connectivity index (χ1) is 13.0. The fraction of sp³-hybridized carbons (Fsp3) is 0.500. The molecule has 0 aromatic carbocycles. The highest BCUT2D eigenvalue weighted by Gasteiger charge is 2.57. The van der Waals surface area contributed by atoms with Crippen molar-refractivity contribution < 1.29 is 27.1 Å². The third-order valence-corrected chi connectivity index (χ3v) is 6.30. The van der Waals surface area contributed by atoms with E-state index in [1.54, 1.807) is 0 Å². The van der Waals surface area contributed by atoms with Gasteiger partial charge in [-0.05, 0) is 6.92 Å². The SMILES string of the molecule is COc1nc(NC(=O)NS(=O)(=O)OC(Cl)(C(Cl)Cl)C(Cl)(Cl)Cl)nc(C)c1[N+](=O)[O-]. The molecule has 1 aromatic rings. The summed E-state index contributed by atoms with van der Waals surface area (Å²) >= 11 is 33.3. The normalized spacial score (nSPS) is 14.2. The highest BCUT2D eigenvalue weighted by Crippen LogP contribution is 2.49. The number of urea groups is 1. The number of carbonyl (C=O) groups is 1. The Morgan fingerprint density at radius 1 is 1.24 bits per heavy atom. The molecule has 2 amide bonds. The summed E-state index contributed by atoms with van der Waals surface area (Å²) in [6.07, 6.45) is 0. The van der Waals surface area contributed by atoms with Gasteiger partial charge in [0.15, 0.2) is 4.84 Å². The Morgan fingerprint density at radius 2 is 1.79 bits per heavy atom. The minimum atomic E-state index is -5.05. The van der Waals surface area contributed by atoms with Gasteiger partial charge < -0.3 is 4.74 Å². The van der Waals surface area contributed by atoms with Crippen molar-refractivity contribution in [1.82, 2.24) is 14.7 Å². The van der Waals surface area contributed by atoms with Gasteiger partial charge in [0.25, 0.3) is 5.88 Å². The molecule has 0 spiro atoms. The first-order valence-corrected chi connectivity index (χ1v) is 10.5. The average molecular weight is 556 g/mol. The van der Waals surface area contributed by atoms with E-state index in [0.29, 0.717) is 0 Å². The molecule has 1 rings (SSSR count). The Bertz CT molecular complexity index is 911. The van der Waals surface area contributed by atoms with E-state index in [4.69, 9.17) is 74.3 Å². The largest absolute Gasteiger partial charge is 0.476 e. The first kappa shape index (κ1) is 26.2. The molecule has 1 atom stereocenters. The summed E-state index contributed by atoms with van der Waals surface area (Å²) < 4.78 is 31.9. The summed E-state index contributed by atoms with van der Waals surface area (Å²) in [7, 11) is -3.96. The number of nitro groups is 1. The summed E-state index contributed by atoms with van der Waals surface area (Å²) in [5.74, 6) is -1.02. The Hall–Kier alpha value is -0.800. The van der Waals surface area contributed by atoms with E-state index in [1.165, 1.54) is 11.6 Å². The lowest BCUT2D eigenvalue weighted by Gasteiger charge is -2.33. The second kappa shape index (κ2) is 9.56. The van der Waals surface area contributed by atoms with Crippen LogP contribution in [0.15, 0.2) is 0 Å². The van der Waals surface area contributed by atoms with Crippen LogP contribution in [0, 0.1) is 17.0 Å². The number of hydrogen-bond donors (Lipinski definition) is 2. The maximum absolute atomic E-state index is 12.0. The third kappa shape index (κ3) is 6.59. The fourth-order valence-corrected chi connectivity index (χ4v) is 4.12. The smallest absolute Gasteiger partial charge is 0.365 e. The zero-order valence-electron chi connectivity index (χ0n) is 14.0. The van der Waals surface area contributed by atoms with E-state index in [1.807, 2.05) is 5.32 Å². The number of aryl methyl sites for hydroxylation is 1. The Morgan fingerprint density at radius 3 is 2.21 bits per heavy atom. The van der Waals surface area contributed by atoms with Crippen LogP contribution < -0.4 is 14.8 Å². The van der Waals surface area contributed by atoms with Gasteiger partial charge in [0.1, 0.15) is 5.69 Å². The van der Waals surface area contributed by atoms with Crippen LogP contribution in [0.5, 0.6) is 5.88 Å². The quantitative estimate of drug-likeness (QED) is 0.292. The molecular weight excluding hydrogens is 547 g/mol. The number of methoxy groups -OCH3 is 1. The van der Waals surface area contributed by atoms with Crippen molar-refractivity contribution in [2.45, 2.75) is 20.6 Å². The lowest BCUT2D eigenvalue weighted by molar-refractivity contribution is -0.387. The topological polar surface area (TPSA) is 163 Å². The molecule has 0 aliphatic heterocycles. The van der Waals surface area contributed by atoms with Crippen LogP contribution in [-0.4, -0.2) is 50.1 Å². The molecule has 2 N–H and O–H groups in total. The lowest BCUT2D eigenvalue weighted by Crippen LogP contribution is -2.50. The van der Waals surface area contributed by atoms with Crippen molar-refractivity contribution in [3.63, 3.8) is 0 Å². The van der Waals surface area contributed by atoms with E-state index in [0.717, 1.165) is 7.11 Å². The molecular formula is C10H9Cl6N5O7S. The van der Waals surface area contributed by atoms with E-state index in [-0.39, 0.29) is 5.69 Å². The van der Waals surface area contributed by atoms with Crippen molar-refractivity contribution >= 4 is 97.6 Å². The van der Waals surface area contributed by atoms with Crippen LogP contribution in [0.3, 0.4) is 0 Å². The third-order valence-electron chi connectivity index (χ3n) is 2.74. The van der Waals surface area contributed by atoms with Crippen LogP contribution in [0.2, 0.25) is 0 Å². The van der Waals surface area contributed by atoms with Crippen LogP contribution in [0.25, 0.3) is 0 Å². The zero-order chi connectivity index (χ0) is 22.8. The fourth-order valence-electron chi connectivity index (χ4n) is 1.58. The molecule has 0 aliphatic rings. The number of ether oxygens (including phenoxy) is 1. The van der Waals surface area contributed by atoms with E-state index >= 15 is 0 Å². The number of alkyl halides is 6. The minimum absolute atomic E-state index is 0.181. The highest BCUT2D eigenvalue weighted by atomic mass is 35.6. The molecule has 1 heterocycles. The Labute approximate surface area is 193 Å². The minimum Gasteiger partial charge on any atom is -0.476 e. The Balaban J connectivity index is 3.05. The first-order valence-electron chi connectivity index (χ1n) is 6.69. The average Bonchev–Trinajstić information content (AvgIpc) is 2.50. The molecule has 0 radical (unpaired) electrons. The van der Waals surface area contributed by atoms with Gasteiger partial charge in [0.2, 0.25) is 14.8 Å². The summed E-state index contributed by atoms with van der Waals surface area (Å²) in [6.45, 7) is 1.23. The maximum Gasteiger partial charge on any atom is 0.365 e. The molecule has 1 aromatic heterocycles. The predicted octanol–water partition coefficient (Wildman–Crippen LogP) is 3.19. The summed E-state index contributed by atoms with van der Waals surface area (Å²) in [5, 5.41) is 10.1. The van der Waals surface area contributed by atoms with Crippen molar-refractivity contribution in [2.75, 3.05) is 12.4 Å². The summed E-state index contributed by atoms with van der Waals surface area (Å²) in [5.41, 5.74) is -0.737. The summed E-state index contributed by atoms with van der Waals surface area (Å²) in [6, 6.07) is -1.47. The van der Waals surface area contributed by atoms with Gasteiger partial charge in [-0.2, -0.15) is 13.4 Å².